The first-order chi connectivity index (χ1) is 14.2. The summed E-state index contributed by atoms with van der Waals surface area (Å²) in [6, 6.07) is 0. The van der Waals surface area contributed by atoms with E-state index in [4.69, 9.17) is 19.8 Å². The fraction of sp³-hybridized carbons (Fsp3) is 0.826. The number of ketones is 2. The highest BCUT2D eigenvalue weighted by atomic mass is 16.4. The molecule has 0 spiro atoms. The fourth-order valence-electron chi connectivity index (χ4n) is 6.79. The molecule has 0 bridgehead atoms. The molecule has 31 heavy (non-hydrogen) atoms. The van der Waals surface area contributed by atoms with E-state index in [1.807, 2.05) is 6.92 Å². The lowest BCUT2D eigenvalue weighted by molar-refractivity contribution is -0.161. The van der Waals surface area contributed by atoms with Gasteiger partial charge in [0, 0.05) is 38.0 Å². The highest BCUT2D eigenvalue weighted by molar-refractivity contribution is 5.88. The number of carbonyl (C=O) groups is 4. The third kappa shape index (κ3) is 5.00. The highest BCUT2D eigenvalue weighted by Crippen LogP contribution is 2.64. The molecule has 4 saturated carbocycles. The Morgan fingerprint density at radius 3 is 1.90 bits per heavy atom. The van der Waals surface area contributed by atoms with Gasteiger partial charge in [-0.2, -0.15) is 0 Å². The van der Waals surface area contributed by atoms with Crippen molar-refractivity contribution in [3.05, 3.63) is 0 Å². The summed E-state index contributed by atoms with van der Waals surface area (Å²) in [5, 5.41) is 35.2. The van der Waals surface area contributed by atoms with Crippen LogP contribution in [0.2, 0.25) is 0 Å². The van der Waals surface area contributed by atoms with Crippen LogP contribution in [0.15, 0.2) is 0 Å². The summed E-state index contributed by atoms with van der Waals surface area (Å²) >= 11 is 0. The van der Waals surface area contributed by atoms with Crippen LogP contribution in [0.25, 0.3) is 0 Å². The van der Waals surface area contributed by atoms with E-state index in [9.17, 15) is 19.8 Å². The van der Waals surface area contributed by atoms with Gasteiger partial charge in [0.2, 0.25) is 0 Å². The zero-order chi connectivity index (χ0) is 23.7. The topological polar surface area (TPSA) is 149 Å². The van der Waals surface area contributed by atoms with Crippen LogP contribution in [-0.2, 0) is 19.2 Å². The lowest BCUT2D eigenvalue weighted by atomic mass is 9.45. The largest absolute Gasteiger partial charge is 0.481 e. The van der Waals surface area contributed by atoms with Crippen molar-refractivity contribution < 1.29 is 39.6 Å². The summed E-state index contributed by atoms with van der Waals surface area (Å²) in [6.07, 6.45) is 3.98. The maximum absolute atomic E-state index is 12.8. The van der Waals surface area contributed by atoms with Gasteiger partial charge in [-0.05, 0) is 55.3 Å². The molecule has 0 aromatic rings. The Hall–Kier alpha value is -1.80. The Bertz CT molecular complexity index is 713. The Morgan fingerprint density at radius 2 is 1.35 bits per heavy atom. The first-order valence-corrected chi connectivity index (χ1v) is 11.0. The number of aliphatic carboxylic acids is 2. The molecule has 4 fully saturated rings. The van der Waals surface area contributed by atoms with Crippen molar-refractivity contribution in [1.29, 1.82) is 0 Å². The van der Waals surface area contributed by atoms with Crippen LogP contribution in [0.5, 0.6) is 0 Å². The van der Waals surface area contributed by atoms with Crippen LogP contribution in [0, 0.1) is 34.5 Å². The maximum atomic E-state index is 12.8. The molecule has 0 amide bonds. The van der Waals surface area contributed by atoms with Gasteiger partial charge >= 0.3 is 0 Å². The number of carboxylic acid groups (broad SMARTS) is 2. The van der Waals surface area contributed by atoms with Crippen LogP contribution in [0.4, 0.5) is 0 Å². The normalized spacial score (nSPS) is 43.2. The molecule has 0 aliphatic heterocycles. The molecule has 0 aromatic heterocycles. The van der Waals surface area contributed by atoms with Gasteiger partial charge in [-0.1, -0.05) is 13.8 Å². The van der Waals surface area contributed by atoms with Gasteiger partial charge in [0.15, 0.2) is 5.78 Å². The summed E-state index contributed by atoms with van der Waals surface area (Å²) in [7, 11) is 0. The number of carboxylic acids is 2. The number of rotatable bonds is 0. The first-order valence-electron chi connectivity index (χ1n) is 11.0. The van der Waals surface area contributed by atoms with E-state index in [0.717, 1.165) is 39.5 Å². The smallest absolute Gasteiger partial charge is 0.300 e. The maximum Gasteiger partial charge on any atom is 0.300 e. The van der Waals surface area contributed by atoms with E-state index in [0.29, 0.717) is 25.2 Å². The second kappa shape index (κ2) is 9.36. The van der Waals surface area contributed by atoms with Crippen molar-refractivity contribution in [2.45, 2.75) is 84.8 Å². The van der Waals surface area contributed by atoms with Crippen LogP contribution in [0.3, 0.4) is 0 Å². The zero-order valence-electron chi connectivity index (χ0n) is 18.8. The molecule has 4 aliphatic rings. The van der Waals surface area contributed by atoms with Crippen molar-refractivity contribution in [2.24, 2.45) is 34.5 Å². The molecular formula is C23H36O8. The lowest BCUT2D eigenvalue weighted by Gasteiger charge is -2.59. The minimum absolute atomic E-state index is 0.0149. The molecule has 4 aliphatic carbocycles. The van der Waals surface area contributed by atoms with Gasteiger partial charge in [0.1, 0.15) is 11.9 Å². The predicted octanol–water partition coefficient (Wildman–Crippen LogP) is 2.29. The molecule has 4 N–H and O–H groups in total. The lowest BCUT2D eigenvalue weighted by Crippen LogP contribution is -2.57. The number of aliphatic hydroxyl groups excluding tert-OH is 2. The minimum Gasteiger partial charge on any atom is -0.481 e. The van der Waals surface area contributed by atoms with Crippen molar-refractivity contribution in [3.8, 4) is 0 Å². The molecule has 176 valence electrons. The minimum atomic E-state index is -0.845. The van der Waals surface area contributed by atoms with Crippen molar-refractivity contribution >= 4 is 23.5 Å². The van der Waals surface area contributed by atoms with Crippen LogP contribution in [0.1, 0.15) is 72.6 Å². The second-order valence-corrected chi connectivity index (χ2v) is 10.2. The van der Waals surface area contributed by atoms with Gasteiger partial charge in [0.25, 0.3) is 11.9 Å². The molecule has 8 atom stereocenters. The van der Waals surface area contributed by atoms with Crippen molar-refractivity contribution in [2.75, 3.05) is 0 Å². The number of hydrogen-bond donors (Lipinski definition) is 4. The SMILES string of the molecule is CC(=O)O.CC(=O)O.C[C@@]12CC[C@@H]3[C@H](CC(=O)[C@@H]4C[C@@H](O)CC[C@@]34C)[C@H]1CC(=O)[C@H]2O. The van der Waals surface area contributed by atoms with Crippen molar-refractivity contribution in [1.82, 2.24) is 0 Å². The Kier molecular flexibility index (Phi) is 7.69. The number of carbonyl (C=O) groups excluding carboxylic acids is 2. The number of hydrogen-bond acceptors (Lipinski definition) is 6. The molecular weight excluding hydrogens is 404 g/mol. The molecule has 0 aromatic carbocycles. The third-order valence-electron chi connectivity index (χ3n) is 8.22. The number of aliphatic hydroxyl groups is 2. The molecule has 8 nitrogen and oxygen atoms in total. The standard InChI is InChI=1S/C19H28O4.2C2H4O2/c1-18-5-3-10(20)7-14(18)15(21)8-11-12(18)4-6-19(2)13(11)9-16(22)17(19)23;2*1-2(3)4/h10-14,17,20,23H,3-9H2,1-2H3;2*1H3,(H,3,4)/t10-,11-,12+,13+,14-,17+,18-,19+;;/m0../s1. The van der Waals surface area contributed by atoms with Crippen molar-refractivity contribution in [3.63, 3.8) is 0 Å². The summed E-state index contributed by atoms with van der Waals surface area (Å²) in [4.78, 5) is 43.0. The molecule has 0 saturated heterocycles. The van der Waals surface area contributed by atoms with E-state index in [1.54, 1.807) is 0 Å². The van der Waals surface area contributed by atoms with Crippen LogP contribution >= 0.6 is 0 Å². The van der Waals surface area contributed by atoms with Crippen LogP contribution in [-0.4, -0.2) is 56.1 Å². The third-order valence-corrected chi connectivity index (χ3v) is 8.22. The predicted molar refractivity (Wildman–Crippen MR) is 111 cm³/mol. The number of Topliss-reactive ketones (excluding diaryl/α,β-unsaturated/α-hetero) is 2. The first kappa shape index (κ1) is 25.5. The molecule has 4 rings (SSSR count). The monoisotopic (exact) mass is 440 g/mol. The molecule has 0 heterocycles. The summed E-state index contributed by atoms with van der Waals surface area (Å²) in [5.41, 5.74) is -0.368. The van der Waals surface area contributed by atoms with Gasteiger partial charge in [0.05, 0.1) is 6.10 Å². The van der Waals surface area contributed by atoms with E-state index in [1.165, 1.54) is 0 Å². The van der Waals surface area contributed by atoms with Gasteiger partial charge in [-0.25, -0.2) is 0 Å². The van der Waals surface area contributed by atoms with Gasteiger partial charge in [-0.3, -0.25) is 19.2 Å². The molecule has 0 unspecified atom stereocenters. The second-order valence-electron chi connectivity index (χ2n) is 10.2. The number of fused-ring (bicyclic) bond motifs is 5. The highest BCUT2D eigenvalue weighted by Gasteiger charge is 2.63. The summed E-state index contributed by atoms with van der Waals surface area (Å²) in [5.74, 6) is -0.591. The van der Waals surface area contributed by atoms with E-state index < -0.39 is 18.0 Å². The molecule has 8 heteroatoms. The Morgan fingerprint density at radius 1 is 0.839 bits per heavy atom. The average molecular weight is 441 g/mol. The Labute approximate surface area is 183 Å². The molecule has 0 radical (unpaired) electrons. The van der Waals surface area contributed by atoms with E-state index >= 15 is 0 Å². The van der Waals surface area contributed by atoms with Gasteiger partial charge < -0.3 is 20.4 Å². The summed E-state index contributed by atoms with van der Waals surface area (Å²) in [6.45, 7) is 6.46. The van der Waals surface area contributed by atoms with E-state index in [-0.39, 0.29) is 46.3 Å². The Balaban J connectivity index is 0.000000370. The summed E-state index contributed by atoms with van der Waals surface area (Å²) < 4.78 is 0. The van der Waals surface area contributed by atoms with E-state index in [2.05, 4.69) is 6.92 Å². The fourth-order valence-corrected chi connectivity index (χ4v) is 6.79. The van der Waals surface area contributed by atoms with Gasteiger partial charge in [-0.15, -0.1) is 0 Å². The van der Waals surface area contributed by atoms with Crippen LogP contribution < -0.4 is 0 Å². The average Bonchev–Trinajstić information content (AvgIpc) is 2.86. The quantitative estimate of drug-likeness (QED) is 0.448. The zero-order valence-corrected chi connectivity index (χ0v) is 18.8.